The summed E-state index contributed by atoms with van der Waals surface area (Å²) in [6.07, 6.45) is 36.2. The molecule has 0 heterocycles. The van der Waals surface area contributed by atoms with Gasteiger partial charge < -0.3 is 33.8 Å². The lowest BCUT2D eigenvalue weighted by Gasteiger charge is -2.21. The highest BCUT2D eigenvalue weighted by atomic mass is 31.2. The van der Waals surface area contributed by atoms with Crippen molar-refractivity contribution in [2.24, 2.45) is 17.8 Å². The number of hydrogen-bond donors (Lipinski definition) is 3. The Labute approximate surface area is 505 Å². The predicted molar refractivity (Wildman–Crippen MR) is 331 cm³/mol. The fraction of sp³-hybridized carbons (Fsp3) is 0.938. The standard InChI is InChI=1S/C64H124O17P2/c1-8-12-13-14-21-31-38-45-61(66)74-51-60(81-64(69)48-41-34-27-26-30-37-44-57(7)11-4)54-79-83(72,73)77-50-58(65)49-76-82(70,71)78-53-59(52-75-62(67)46-39-32-24-20-19-23-29-36-43-56(6)10-3)80-63(68)47-40-33-25-18-16-15-17-22-28-35-42-55(5)9-2/h55-60,65H,8-54H2,1-7H3,(H,70,71)(H,72,73)/t55?,56?,57?,58-,59-,60-/m1/s1. The molecule has 0 radical (unpaired) electrons. The first-order valence-electron chi connectivity index (χ1n) is 33.5. The summed E-state index contributed by atoms with van der Waals surface area (Å²) in [5.74, 6) is 0.159. The summed E-state index contributed by atoms with van der Waals surface area (Å²) in [6.45, 7) is 11.7. The van der Waals surface area contributed by atoms with Gasteiger partial charge in [-0.25, -0.2) is 9.13 Å². The number of phosphoric acid groups is 2. The second kappa shape index (κ2) is 55.4. The summed E-state index contributed by atoms with van der Waals surface area (Å²) >= 11 is 0. The van der Waals surface area contributed by atoms with Crippen LogP contribution in [0.4, 0.5) is 0 Å². The summed E-state index contributed by atoms with van der Waals surface area (Å²) in [7, 11) is -9.89. The van der Waals surface area contributed by atoms with Crippen LogP contribution in [0, 0.1) is 17.8 Å². The quantitative estimate of drug-likeness (QED) is 0.0222. The molecule has 0 aromatic rings. The van der Waals surface area contributed by atoms with E-state index in [1.54, 1.807) is 0 Å². The Bertz CT molecular complexity index is 1650. The minimum atomic E-state index is -4.95. The number of aliphatic hydroxyl groups excluding tert-OH is 1. The van der Waals surface area contributed by atoms with Gasteiger partial charge in [-0.15, -0.1) is 0 Å². The molecular formula is C64H124O17P2. The smallest absolute Gasteiger partial charge is 0.462 e. The van der Waals surface area contributed by atoms with Crippen LogP contribution in [0.2, 0.25) is 0 Å². The van der Waals surface area contributed by atoms with Crippen LogP contribution in [0.5, 0.6) is 0 Å². The van der Waals surface area contributed by atoms with Crippen LogP contribution in [0.3, 0.4) is 0 Å². The highest BCUT2D eigenvalue weighted by molar-refractivity contribution is 7.47. The molecule has 0 bridgehead atoms. The van der Waals surface area contributed by atoms with Crippen molar-refractivity contribution < 1.29 is 80.2 Å². The molecule has 0 amide bonds. The monoisotopic (exact) mass is 1230 g/mol. The maximum absolute atomic E-state index is 13.0. The number of carbonyl (C=O) groups excluding carboxylic acids is 4. The first kappa shape index (κ1) is 81.1. The van der Waals surface area contributed by atoms with Gasteiger partial charge in [0.15, 0.2) is 12.2 Å². The van der Waals surface area contributed by atoms with Crippen molar-refractivity contribution in [2.75, 3.05) is 39.6 Å². The summed E-state index contributed by atoms with van der Waals surface area (Å²) in [6, 6.07) is 0. The maximum Gasteiger partial charge on any atom is 0.472 e. The summed E-state index contributed by atoms with van der Waals surface area (Å²) in [5, 5.41) is 10.5. The van der Waals surface area contributed by atoms with E-state index < -0.39 is 97.5 Å². The third-order valence-electron chi connectivity index (χ3n) is 15.7. The average Bonchev–Trinajstić information content (AvgIpc) is 3.47. The Morgan fingerprint density at radius 1 is 0.337 bits per heavy atom. The van der Waals surface area contributed by atoms with Crippen LogP contribution in [0.25, 0.3) is 0 Å². The number of carbonyl (C=O) groups is 4. The predicted octanol–water partition coefficient (Wildman–Crippen LogP) is 17.5. The van der Waals surface area contributed by atoms with E-state index in [1.807, 2.05) is 0 Å². The summed E-state index contributed by atoms with van der Waals surface area (Å²) in [4.78, 5) is 72.1. The lowest BCUT2D eigenvalue weighted by atomic mass is 9.99. The second-order valence-electron chi connectivity index (χ2n) is 23.9. The van der Waals surface area contributed by atoms with Crippen molar-refractivity contribution in [3.05, 3.63) is 0 Å². The summed E-state index contributed by atoms with van der Waals surface area (Å²) < 4.78 is 67.9. The molecule has 83 heavy (non-hydrogen) atoms. The second-order valence-corrected chi connectivity index (χ2v) is 26.8. The molecular weight excluding hydrogens is 1100 g/mol. The van der Waals surface area contributed by atoms with E-state index in [2.05, 4.69) is 48.5 Å². The maximum atomic E-state index is 13.0. The van der Waals surface area contributed by atoms with Crippen molar-refractivity contribution >= 4 is 39.5 Å². The van der Waals surface area contributed by atoms with Gasteiger partial charge in [-0.05, 0) is 43.4 Å². The van der Waals surface area contributed by atoms with Gasteiger partial charge in [-0.1, -0.05) is 260 Å². The Hall–Kier alpha value is -1.94. The van der Waals surface area contributed by atoms with Crippen molar-refractivity contribution in [3.8, 4) is 0 Å². The lowest BCUT2D eigenvalue weighted by Crippen LogP contribution is -2.30. The van der Waals surface area contributed by atoms with E-state index in [1.165, 1.54) is 109 Å². The van der Waals surface area contributed by atoms with Gasteiger partial charge in [0.05, 0.1) is 26.4 Å². The SMILES string of the molecule is CCCCCCCCCC(=O)OC[C@H](COP(=O)(O)OC[C@H](O)COP(=O)(O)OC[C@@H](COC(=O)CCCCCCCCCCC(C)CC)OC(=O)CCCCCCCCCCCCC(C)CC)OC(=O)CCCCCCCCC(C)CC. The van der Waals surface area contributed by atoms with E-state index >= 15 is 0 Å². The molecule has 492 valence electrons. The molecule has 0 aliphatic rings. The number of hydrogen-bond acceptors (Lipinski definition) is 15. The fourth-order valence-electron chi connectivity index (χ4n) is 9.38. The lowest BCUT2D eigenvalue weighted by molar-refractivity contribution is -0.161. The Morgan fingerprint density at radius 2 is 0.578 bits per heavy atom. The van der Waals surface area contributed by atoms with Gasteiger partial charge in [0.2, 0.25) is 0 Å². The van der Waals surface area contributed by atoms with Crippen LogP contribution in [-0.4, -0.2) is 96.7 Å². The van der Waals surface area contributed by atoms with Crippen molar-refractivity contribution in [1.82, 2.24) is 0 Å². The van der Waals surface area contributed by atoms with E-state index in [0.29, 0.717) is 25.7 Å². The van der Waals surface area contributed by atoms with Gasteiger partial charge >= 0.3 is 39.5 Å². The number of phosphoric ester groups is 2. The fourth-order valence-corrected chi connectivity index (χ4v) is 11.0. The van der Waals surface area contributed by atoms with Gasteiger partial charge in [0.25, 0.3) is 0 Å². The molecule has 0 spiro atoms. The third kappa shape index (κ3) is 55.1. The zero-order valence-electron chi connectivity index (χ0n) is 53.6. The molecule has 19 heteroatoms. The molecule has 0 saturated heterocycles. The number of aliphatic hydroxyl groups is 1. The zero-order valence-corrected chi connectivity index (χ0v) is 55.4. The number of rotatable bonds is 62. The number of ether oxygens (including phenoxy) is 4. The molecule has 3 N–H and O–H groups in total. The topological polar surface area (TPSA) is 237 Å². The Kier molecular flexibility index (Phi) is 54.1. The van der Waals surface area contributed by atoms with Crippen molar-refractivity contribution in [1.29, 1.82) is 0 Å². The normalized spacial score (nSPS) is 15.3. The number of esters is 4. The summed E-state index contributed by atoms with van der Waals surface area (Å²) in [5.41, 5.74) is 0. The molecule has 0 aromatic heterocycles. The molecule has 17 nitrogen and oxygen atoms in total. The Balaban J connectivity index is 5.24. The van der Waals surface area contributed by atoms with Crippen molar-refractivity contribution in [3.63, 3.8) is 0 Å². The average molecular weight is 1230 g/mol. The third-order valence-corrected chi connectivity index (χ3v) is 17.6. The van der Waals surface area contributed by atoms with Crippen LogP contribution in [0.1, 0.15) is 312 Å². The van der Waals surface area contributed by atoms with Gasteiger partial charge in [0.1, 0.15) is 19.3 Å². The minimum Gasteiger partial charge on any atom is -0.462 e. The molecule has 0 aliphatic heterocycles. The van der Waals surface area contributed by atoms with E-state index in [0.717, 1.165) is 120 Å². The molecule has 0 aliphatic carbocycles. The highest BCUT2D eigenvalue weighted by Gasteiger charge is 2.30. The van der Waals surface area contributed by atoms with Gasteiger partial charge in [-0.2, -0.15) is 0 Å². The first-order chi connectivity index (χ1) is 39.8. The van der Waals surface area contributed by atoms with Crippen LogP contribution >= 0.6 is 15.6 Å². The molecule has 0 saturated carbocycles. The Morgan fingerprint density at radius 3 is 0.855 bits per heavy atom. The van der Waals surface area contributed by atoms with Gasteiger partial charge in [0, 0.05) is 25.7 Å². The van der Waals surface area contributed by atoms with Crippen LogP contribution < -0.4 is 0 Å². The van der Waals surface area contributed by atoms with Crippen molar-refractivity contribution in [2.45, 2.75) is 330 Å². The van der Waals surface area contributed by atoms with E-state index in [4.69, 9.17) is 37.0 Å². The largest absolute Gasteiger partial charge is 0.472 e. The highest BCUT2D eigenvalue weighted by Crippen LogP contribution is 2.45. The molecule has 0 aromatic carbocycles. The molecule has 5 unspecified atom stereocenters. The van der Waals surface area contributed by atoms with E-state index in [-0.39, 0.29) is 25.7 Å². The van der Waals surface area contributed by atoms with E-state index in [9.17, 15) is 43.2 Å². The first-order valence-corrected chi connectivity index (χ1v) is 36.5. The number of unbranched alkanes of at least 4 members (excludes halogenated alkanes) is 27. The van der Waals surface area contributed by atoms with Gasteiger partial charge in [-0.3, -0.25) is 37.3 Å². The van der Waals surface area contributed by atoms with Crippen LogP contribution in [-0.2, 0) is 65.4 Å². The minimum absolute atomic E-state index is 0.102. The van der Waals surface area contributed by atoms with Crippen LogP contribution in [0.15, 0.2) is 0 Å². The molecule has 8 atom stereocenters. The molecule has 0 rings (SSSR count). The molecule has 0 fully saturated rings. The zero-order chi connectivity index (χ0) is 61.7.